The van der Waals surface area contributed by atoms with Crippen molar-refractivity contribution in [1.82, 2.24) is 10.6 Å². The highest BCUT2D eigenvalue weighted by molar-refractivity contribution is 7.99. The molecule has 0 saturated carbocycles. The molecule has 0 aliphatic carbocycles. The van der Waals surface area contributed by atoms with E-state index >= 15 is 0 Å². The highest BCUT2D eigenvalue weighted by atomic mass is 32.2. The minimum absolute atomic E-state index is 0.260. The summed E-state index contributed by atoms with van der Waals surface area (Å²) in [5, 5.41) is 6.59. The monoisotopic (exact) mass is 284 g/mol. The molecule has 4 heteroatoms. The Hall–Kier alpha value is -0.220. The highest BCUT2D eigenvalue weighted by Crippen LogP contribution is 2.23. The van der Waals surface area contributed by atoms with Gasteiger partial charge in [-0.25, -0.2) is 0 Å². The molecular weight excluding hydrogens is 256 g/mol. The average Bonchev–Trinajstić information content (AvgIpc) is 2.47. The second-order valence-corrected chi connectivity index (χ2v) is 7.37. The van der Waals surface area contributed by atoms with Crippen molar-refractivity contribution in [1.29, 1.82) is 0 Å². The molecule has 2 N–H and O–H groups in total. The first-order valence-electron chi connectivity index (χ1n) is 7.81. The van der Waals surface area contributed by atoms with Crippen LogP contribution in [0, 0.1) is 17.8 Å². The fourth-order valence-electron chi connectivity index (χ4n) is 3.10. The van der Waals surface area contributed by atoms with E-state index in [2.05, 4.69) is 17.6 Å². The number of amides is 1. The van der Waals surface area contributed by atoms with Gasteiger partial charge in [0.05, 0.1) is 0 Å². The molecular formula is C15H28N2OS. The summed E-state index contributed by atoms with van der Waals surface area (Å²) in [6.45, 7) is 5.37. The summed E-state index contributed by atoms with van der Waals surface area (Å²) < 4.78 is 0. The summed E-state index contributed by atoms with van der Waals surface area (Å²) in [6, 6.07) is 0. The van der Waals surface area contributed by atoms with Gasteiger partial charge in [-0.2, -0.15) is 11.8 Å². The van der Waals surface area contributed by atoms with E-state index < -0.39 is 0 Å². The van der Waals surface area contributed by atoms with Gasteiger partial charge in [-0.3, -0.25) is 4.79 Å². The van der Waals surface area contributed by atoms with Crippen LogP contribution < -0.4 is 10.6 Å². The largest absolute Gasteiger partial charge is 0.356 e. The smallest absolute Gasteiger partial charge is 0.220 e. The Bertz CT molecular complexity index is 273. The Morgan fingerprint density at radius 3 is 2.84 bits per heavy atom. The molecule has 2 unspecified atom stereocenters. The molecule has 2 fully saturated rings. The van der Waals surface area contributed by atoms with E-state index in [4.69, 9.17) is 0 Å². The van der Waals surface area contributed by atoms with Gasteiger partial charge in [0.2, 0.25) is 5.91 Å². The normalized spacial score (nSPS) is 26.9. The lowest BCUT2D eigenvalue weighted by molar-refractivity contribution is -0.122. The van der Waals surface area contributed by atoms with Gasteiger partial charge in [0, 0.05) is 13.0 Å². The molecule has 2 saturated heterocycles. The van der Waals surface area contributed by atoms with Gasteiger partial charge in [-0.1, -0.05) is 6.92 Å². The van der Waals surface area contributed by atoms with Crippen molar-refractivity contribution in [3.8, 4) is 0 Å². The van der Waals surface area contributed by atoms with Crippen LogP contribution >= 0.6 is 11.8 Å². The number of carbonyl (C=O) groups excluding carboxylic acids is 1. The van der Waals surface area contributed by atoms with Gasteiger partial charge in [-0.05, 0) is 68.0 Å². The average molecular weight is 284 g/mol. The number of hydrogen-bond donors (Lipinski definition) is 2. The zero-order valence-corrected chi connectivity index (χ0v) is 12.9. The summed E-state index contributed by atoms with van der Waals surface area (Å²) in [5.41, 5.74) is 0. The third-order valence-electron chi connectivity index (χ3n) is 4.58. The number of hydrogen-bond acceptors (Lipinski definition) is 3. The van der Waals surface area contributed by atoms with Crippen molar-refractivity contribution in [3.05, 3.63) is 0 Å². The quantitative estimate of drug-likeness (QED) is 0.814. The predicted octanol–water partition coefficient (Wildman–Crippen LogP) is 2.27. The number of piperidine rings is 1. The second-order valence-electron chi connectivity index (χ2n) is 6.15. The first-order valence-corrected chi connectivity index (χ1v) is 8.96. The number of nitrogens with one attached hydrogen (secondary N) is 2. The molecule has 0 spiro atoms. The zero-order valence-electron chi connectivity index (χ0n) is 12.1. The van der Waals surface area contributed by atoms with Crippen LogP contribution in [-0.2, 0) is 4.79 Å². The SMILES string of the molecule is CC(CC(=O)NCC1CCSCC1)C1CCCNC1. The first kappa shape index (κ1) is 15.2. The molecule has 0 aromatic heterocycles. The Morgan fingerprint density at radius 2 is 2.16 bits per heavy atom. The van der Waals surface area contributed by atoms with Crippen molar-refractivity contribution in [2.45, 2.75) is 39.0 Å². The summed E-state index contributed by atoms with van der Waals surface area (Å²) in [5.74, 6) is 4.71. The van der Waals surface area contributed by atoms with Crippen LogP contribution in [0.3, 0.4) is 0 Å². The summed E-state index contributed by atoms with van der Waals surface area (Å²) in [7, 11) is 0. The third-order valence-corrected chi connectivity index (χ3v) is 5.62. The minimum atomic E-state index is 0.260. The van der Waals surface area contributed by atoms with E-state index in [0.717, 1.165) is 25.6 Å². The molecule has 2 atom stereocenters. The lowest BCUT2D eigenvalue weighted by Gasteiger charge is -2.28. The summed E-state index contributed by atoms with van der Waals surface area (Å²) >= 11 is 2.04. The molecule has 0 aromatic carbocycles. The minimum Gasteiger partial charge on any atom is -0.356 e. The van der Waals surface area contributed by atoms with Gasteiger partial charge in [-0.15, -0.1) is 0 Å². The molecule has 0 radical (unpaired) electrons. The van der Waals surface area contributed by atoms with Crippen LogP contribution in [0.1, 0.15) is 39.0 Å². The van der Waals surface area contributed by atoms with Crippen LogP contribution in [0.4, 0.5) is 0 Å². The molecule has 2 aliphatic rings. The van der Waals surface area contributed by atoms with Gasteiger partial charge < -0.3 is 10.6 Å². The molecule has 19 heavy (non-hydrogen) atoms. The predicted molar refractivity (Wildman–Crippen MR) is 82.4 cm³/mol. The first-order chi connectivity index (χ1) is 9.25. The second kappa shape index (κ2) is 8.15. The lowest BCUT2D eigenvalue weighted by atomic mass is 9.85. The maximum atomic E-state index is 12.0. The van der Waals surface area contributed by atoms with Crippen molar-refractivity contribution in [2.24, 2.45) is 17.8 Å². The van der Waals surface area contributed by atoms with Crippen LogP contribution in [-0.4, -0.2) is 37.0 Å². The maximum absolute atomic E-state index is 12.0. The molecule has 2 aliphatic heterocycles. The molecule has 1 amide bonds. The van der Waals surface area contributed by atoms with Gasteiger partial charge in [0.25, 0.3) is 0 Å². The van der Waals surface area contributed by atoms with Crippen molar-refractivity contribution in [3.63, 3.8) is 0 Å². The van der Waals surface area contributed by atoms with E-state index in [1.807, 2.05) is 11.8 Å². The van der Waals surface area contributed by atoms with Crippen LogP contribution in [0.25, 0.3) is 0 Å². The van der Waals surface area contributed by atoms with E-state index in [0.29, 0.717) is 18.3 Å². The standard InChI is InChI=1S/C15H28N2OS/c1-12(14-3-2-6-16-11-14)9-15(18)17-10-13-4-7-19-8-5-13/h12-14,16H,2-11H2,1H3,(H,17,18). The Kier molecular flexibility index (Phi) is 6.51. The maximum Gasteiger partial charge on any atom is 0.220 e. The molecule has 110 valence electrons. The van der Waals surface area contributed by atoms with Gasteiger partial charge in [0.15, 0.2) is 0 Å². The molecule has 2 heterocycles. The van der Waals surface area contributed by atoms with Crippen molar-refractivity contribution in [2.75, 3.05) is 31.1 Å². The lowest BCUT2D eigenvalue weighted by Crippen LogP contribution is -2.36. The fraction of sp³-hybridized carbons (Fsp3) is 0.933. The van der Waals surface area contributed by atoms with E-state index in [9.17, 15) is 4.79 Å². The van der Waals surface area contributed by atoms with Crippen LogP contribution in [0.2, 0.25) is 0 Å². The van der Waals surface area contributed by atoms with Crippen molar-refractivity contribution < 1.29 is 4.79 Å². The van der Waals surface area contributed by atoms with E-state index in [1.54, 1.807) is 0 Å². The van der Waals surface area contributed by atoms with Crippen LogP contribution in [0.15, 0.2) is 0 Å². The Morgan fingerprint density at radius 1 is 1.37 bits per heavy atom. The highest BCUT2D eigenvalue weighted by Gasteiger charge is 2.22. The Labute approximate surface area is 121 Å². The number of carbonyl (C=O) groups is 1. The van der Waals surface area contributed by atoms with E-state index in [-0.39, 0.29) is 5.91 Å². The fourth-order valence-corrected chi connectivity index (χ4v) is 4.31. The summed E-state index contributed by atoms with van der Waals surface area (Å²) in [6.07, 6.45) is 5.78. The van der Waals surface area contributed by atoms with Gasteiger partial charge in [0.1, 0.15) is 0 Å². The van der Waals surface area contributed by atoms with Gasteiger partial charge >= 0.3 is 0 Å². The number of rotatable bonds is 5. The zero-order chi connectivity index (χ0) is 13.5. The Balaban J connectivity index is 1.62. The summed E-state index contributed by atoms with van der Waals surface area (Å²) in [4.78, 5) is 12.0. The molecule has 3 nitrogen and oxygen atoms in total. The molecule has 0 aromatic rings. The molecule has 0 bridgehead atoms. The van der Waals surface area contributed by atoms with E-state index in [1.165, 1.54) is 37.2 Å². The number of thioether (sulfide) groups is 1. The third kappa shape index (κ3) is 5.35. The topological polar surface area (TPSA) is 41.1 Å². The van der Waals surface area contributed by atoms with Crippen molar-refractivity contribution >= 4 is 17.7 Å². The van der Waals surface area contributed by atoms with Crippen LogP contribution in [0.5, 0.6) is 0 Å². The molecule has 2 rings (SSSR count).